The Kier molecular flexibility index (Phi) is 4.17. The standard InChI is InChI=1S/C17H25N3/c1-17(2,3)14-4-6-15(7-5-14)20-10-8-13(9-11-20)12-16(18)19/h4-8H,9-12H2,1-3H3,(H3,18,19). The van der Waals surface area contributed by atoms with Crippen molar-refractivity contribution in [3.63, 3.8) is 0 Å². The van der Waals surface area contributed by atoms with E-state index < -0.39 is 0 Å². The van der Waals surface area contributed by atoms with E-state index in [1.165, 1.54) is 16.8 Å². The van der Waals surface area contributed by atoms with Crippen molar-refractivity contribution < 1.29 is 0 Å². The fraction of sp³-hybridized carbons (Fsp3) is 0.471. The van der Waals surface area contributed by atoms with Gasteiger partial charge in [0.25, 0.3) is 0 Å². The molecule has 1 heterocycles. The summed E-state index contributed by atoms with van der Waals surface area (Å²) >= 11 is 0. The number of nitrogens with zero attached hydrogens (tertiary/aromatic N) is 1. The maximum absolute atomic E-state index is 7.35. The van der Waals surface area contributed by atoms with Crippen LogP contribution in [0.5, 0.6) is 0 Å². The van der Waals surface area contributed by atoms with Gasteiger partial charge in [0.15, 0.2) is 0 Å². The van der Waals surface area contributed by atoms with Gasteiger partial charge in [-0.15, -0.1) is 0 Å². The third-order valence-electron chi connectivity index (χ3n) is 3.82. The van der Waals surface area contributed by atoms with Crippen molar-refractivity contribution in [3.05, 3.63) is 41.5 Å². The van der Waals surface area contributed by atoms with E-state index in [0.717, 1.165) is 19.5 Å². The summed E-state index contributed by atoms with van der Waals surface area (Å²) in [5.41, 5.74) is 9.59. The summed E-state index contributed by atoms with van der Waals surface area (Å²) in [5, 5.41) is 7.35. The normalized spacial score (nSPS) is 15.9. The number of anilines is 1. The Bertz CT molecular complexity index is 506. The van der Waals surface area contributed by atoms with Crippen molar-refractivity contribution in [2.24, 2.45) is 5.73 Å². The zero-order chi connectivity index (χ0) is 14.8. The molecule has 0 atom stereocenters. The molecular weight excluding hydrogens is 246 g/mol. The molecule has 1 aromatic carbocycles. The van der Waals surface area contributed by atoms with Crippen LogP contribution < -0.4 is 10.6 Å². The maximum Gasteiger partial charge on any atom is 0.0946 e. The minimum atomic E-state index is 0.203. The van der Waals surface area contributed by atoms with E-state index >= 15 is 0 Å². The largest absolute Gasteiger partial charge is 0.387 e. The Morgan fingerprint density at radius 2 is 1.90 bits per heavy atom. The van der Waals surface area contributed by atoms with Gasteiger partial charge < -0.3 is 10.6 Å². The molecule has 2 rings (SSSR count). The number of nitrogens with two attached hydrogens (primary N) is 1. The van der Waals surface area contributed by atoms with Crippen LogP contribution in [0, 0.1) is 5.41 Å². The van der Waals surface area contributed by atoms with Gasteiger partial charge in [0.1, 0.15) is 0 Å². The second kappa shape index (κ2) is 5.70. The van der Waals surface area contributed by atoms with E-state index in [0.29, 0.717) is 6.42 Å². The highest BCUT2D eigenvalue weighted by Gasteiger charge is 2.16. The third-order valence-corrected chi connectivity index (χ3v) is 3.82. The quantitative estimate of drug-likeness (QED) is 0.502. The van der Waals surface area contributed by atoms with Gasteiger partial charge in [-0.25, -0.2) is 0 Å². The van der Waals surface area contributed by atoms with Gasteiger partial charge in [-0.05, 0) is 29.5 Å². The molecule has 20 heavy (non-hydrogen) atoms. The van der Waals surface area contributed by atoms with Crippen molar-refractivity contribution in [1.82, 2.24) is 0 Å². The highest BCUT2D eigenvalue weighted by atomic mass is 15.1. The molecule has 0 spiro atoms. The lowest BCUT2D eigenvalue weighted by Gasteiger charge is -2.29. The van der Waals surface area contributed by atoms with E-state index in [1.54, 1.807) is 0 Å². The van der Waals surface area contributed by atoms with Crippen molar-refractivity contribution >= 4 is 11.5 Å². The summed E-state index contributed by atoms with van der Waals surface area (Å²) in [6.07, 6.45) is 3.83. The first-order valence-corrected chi connectivity index (χ1v) is 7.22. The molecule has 0 aliphatic carbocycles. The second-order valence-electron chi connectivity index (χ2n) is 6.56. The maximum atomic E-state index is 7.35. The van der Waals surface area contributed by atoms with Crippen LogP contribution in [0.25, 0.3) is 0 Å². The molecule has 0 bridgehead atoms. The van der Waals surface area contributed by atoms with Crippen LogP contribution in [0.15, 0.2) is 35.9 Å². The fourth-order valence-electron chi connectivity index (χ4n) is 2.52. The number of hydrogen-bond acceptors (Lipinski definition) is 2. The van der Waals surface area contributed by atoms with Crippen LogP contribution in [0.3, 0.4) is 0 Å². The van der Waals surface area contributed by atoms with Gasteiger partial charge in [-0.1, -0.05) is 44.6 Å². The molecule has 3 nitrogen and oxygen atoms in total. The first-order valence-electron chi connectivity index (χ1n) is 7.22. The molecule has 0 aromatic heterocycles. The van der Waals surface area contributed by atoms with Gasteiger partial charge >= 0.3 is 0 Å². The molecule has 0 unspecified atom stereocenters. The molecule has 108 valence electrons. The van der Waals surface area contributed by atoms with Gasteiger partial charge in [0.2, 0.25) is 0 Å². The molecule has 3 heteroatoms. The van der Waals surface area contributed by atoms with Crippen molar-refractivity contribution in [3.8, 4) is 0 Å². The van der Waals surface area contributed by atoms with E-state index in [4.69, 9.17) is 11.1 Å². The van der Waals surface area contributed by atoms with E-state index in [2.05, 4.69) is 56.0 Å². The van der Waals surface area contributed by atoms with Crippen LogP contribution in [0.2, 0.25) is 0 Å². The molecular formula is C17H25N3. The highest BCUT2D eigenvalue weighted by molar-refractivity contribution is 5.79. The van der Waals surface area contributed by atoms with Gasteiger partial charge in [-0.3, -0.25) is 5.41 Å². The topological polar surface area (TPSA) is 53.1 Å². The van der Waals surface area contributed by atoms with Crippen molar-refractivity contribution in [2.45, 2.75) is 39.0 Å². The summed E-state index contributed by atoms with van der Waals surface area (Å²) in [4.78, 5) is 2.37. The Morgan fingerprint density at radius 3 is 2.35 bits per heavy atom. The van der Waals surface area contributed by atoms with Crippen LogP contribution >= 0.6 is 0 Å². The highest BCUT2D eigenvalue weighted by Crippen LogP contribution is 2.26. The lowest BCUT2D eigenvalue weighted by Crippen LogP contribution is -2.29. The third kappa shape index (κ3) is 3.62. The number of benzene rings is 1. The number of rotatable bonds is 3. The fourth-order valence-corrected chi connectivity index (χ4v) is 2.52. The monoisotopic (exact) mass is 271 g/mol. The predicted molar refractivity (Wildman–Crippen MR) is 86.6 cm³/mol. The average Bonchev–Trinajstić information content (AvgIpc) is 2.38. The van der Waals surface area contributed by atoms with Gasteiger partial charge in [-0.2, -0.15) is 0 Å². The average molecular weight is 271 g/mol. The predicted octanol–water partition coefficient (Wildman–Crippen LogP) is 3.45. The van der Waals surface area contributed by atoms with E-state index in [-0.39, 0.29) is 11.3 Å². The number of hydrogen-bond donors (Lipinski definition) is 2. The number of nitrogens with one attached hydrogen (secondary N) is 1. The second-order valence-corrected chi connectivity index (χ2v) is 6.56. The lowest BCUT2D eigenvalue weighted by molar-refractivity contribution is 0.590. The summed E-state index contributed by atoms with van der Waals surface area (Å²) in [6.45, 7) is 8.63. The Hall–Kier alpha value is -1.77. The van der Waals surface area contributed by atoms with Gasteiger partial charge in [0, 0.05) is 25.2 Å². The smallest absolute Gasteiger partial charge is 0.0946 e. The molecule has 1 aromatic rings. The minimum Gasteiger partial charge on any atom is -0.387 e. The Labute approximate surface area is 122 Å². The Balaban J connectivity index is 2.04. The molecule has 3 N–H and O–H groups in total. The molecule has 0 saturated carbocycles. The zero-order valence-electron chi connectivity index (χ0n) is 12.7. The van der Waals surface area contributed by atoms with Crippen molar-refractivity contribution in [1.29, 1.82) is 5.41 Å². The van der Waals surface area contributed by atoms with Crippen LogP contribution in [-0.2, 0) is 5.41 Å². The molecule has 1 aliphatic rings. The lowest BCUT2D eigenvalue weighted by atomic mass is 9.87. The van der Waals surface area contributed by atoms with Crippen LogP contribution in [0.4, 0.5) is 5.69 Å². The summed E-state index contributed by atoms with van der Waals surface area (Å²) < 4.78 is 0. The Morgan fingerprint density at radius 1 is 1.25 bits per heavy atom. The molecule has 0 amide bonds. The SMILES string of the molecule is CC(C)(C)c1ccc(N2CC=C(CC(=N)N)CC2)cc1. The molecule has 0 saturated heterocycles. The van der Waals surface area contributed by atoms with Crippen LogP contribution in [0.1, 0.15) is 39.2 Å². The molecule has 1 aliphatic heterocycles. The first-order chi connectivity index (χ1) is 9.36. The van der Waals surface area contributed by atoms with E-state index in [9.17, 15) is 0 Å². The summed E-state index contributed by atoms with van der Waals surface area (Å²) in [7, 11) is 0. The first kappa shape index (κ1) is 14.6. The van der Waals surface area contributed by atoms with Gasteiger partial charge in [0.05, 0.1) is 5.84 Å². The van der Waals surface area contributed by atoms with E-state index in [1.807, 2.05) is 0 Å². The van der Waals surface area contributed by atoms with Crippen LogP contribution in [-0.4, -0.2) is 18.9 Å². The molecule has 0 radical (unpaired) electrons. The molecule has 0 fully saturated rings. The summed E-state index contributed by atoms with van der Waals surface area (Å²) in [5.74, 6) is 0.263. The number of amidine groups is 1. The van der Waals surface area contributed by atoms with Crippen molar-refractivity contribution in [2.75, 3.05) is 18.0 Å². The summed E-state index contributed by atoms with van der Waals surface area (Å²) in [6, 6.07) is 8.88. The minimum absolute atomic E-state index is 0.203. The zero-order valence-corrected chi connectivity index (χ0v) is 12.7.